The van der Waals surface area contributed by atoms with E-state index in [9.17, 15) is 4.79 Å². The molecule has 2 aromatic carbocycles. The zero-order valence-electron chi connectivity index (χ0n) is 12.7. The largest absolute Gasteiger partial charge is 0.454 e. The lowest BCUT2D eigenvalue weighted by atomic mass is 10.2. The summed E-state index contributed by atoms with van der Waals surface area (Å²) in [6.45, 7) is 0.729. The Kier molecular flexibility index (Phi) is 5.18. The molecule has 1 aromatic heterocycles. The van der Waals surface area contributed by atoms with Crippen molar-refractivity contribution in [3.8, 4) is 0 Å². The molecule has 0 atom stereocenters. The molecule has 0 unspecified atom stereocenters. The molecule has 0 fully saturated rings. The Morgan fingerprint density at radius 1 is 1.00 bits per heavy atom. The predicted octanol–water partition coefficient (Wildman–Crippen LogP) is 4.60. The predicted molar refractivity (Wildman–Crippen MR) is 93.4 cm³/mol. The zero-order valence-corrected chi connectivity index (χ0v) is 14.2. The number of carbonyl (C=O) groups is 1. The van der Waals surface area contributed by atoms with E-state index in [4.69, 9.17) is 27.9 Å². The fourth-order valence-corrected chi connectivity index (χ4v) is 2.46. The van der Waals surface area contributed by atoms with Crippen molar-refractivity contribution in [1.29, 1.82) is 0 Å². The van der Waals surface area contributed by atoms with Gasteiger partial charge in [0.2, 0.25) is 0 Å². The maximum atomic E-state index is 12.0. The van der Waals surface area contributed by atoms with Crippen LogP contribution in [-0.4, -0.2) is 15.5 Å². The van der Waals surface area contributed by atoms with Crippen LogP contribution in [-0.2, 0) is 17.9 Å². The first-order valence-electron chi connectivity index (χ1n) is 7.29. The van der Waals surface area contributed by atoms with E-state index in [1.165, 1.54) is 0 Å². The monoisotopic (exact) mass is 360 g/mol. The molecule has 3 rings (SSSR count). The number of aromatic nitrogens is 2. The Morgan fingerprint density at radius 2 is 1.62 bits per heavy atom. The average molecular weight is 361 g/mol. The molecule has 0 saturated carbocycles. The second-order valence-corrected chi connectivity index (χ2v) is 6.05. The maximum absolute atomic E-state index is 12.0. The molecule has 0 bridgehead atoms. The highest BCUT2D eigenvalue weighted by molar-refractivity contribution is 6.30. The van der Waals surface area contributed by atoms with Gasteiger partial charge < -0.3 is 9.30 Å². The number of benzene rings is 2. The second-order valence-electron chi connectivity index (χ2n) is 5.18. The SMILES string of the molecule is O=C(OCc1nccn1Cc1ccc(Cl)cc1)c1ccc(Cl)cc1. The molecule has 0 saturated heterocycles. The molecule has 1 heterocycles. The third-order valence-electron chi connectivity index (χ3n) is 3.48. The van der Waals surface area contributed by atoms with Crippen LogP contribution in [0.5, 0.6) is 0 Å². The molecule has 0 spiro atoms. The molecule has 24 heavy (non-hydrogen) atoms. The molecule has 6 heteroatoms. The van der Waals surface area contributed by atoms with E-state index in [-0.39, 0.29) is 6.61 Å². The standard InChI is InChI=1S/C18H14Cl2N2O2/c19-15-5-1-13(2-6-15)11-22-10-9-21-17(22)12-24-18(23)14-3-7-16(20)8-4-14/h1-10H,11-12H2. The van der Waals surface area contributed by atoms with Crippen molar-refractivity contribution in [2.45, 2.75) is 13.2 Å². The number of rotatable bonds is 5. The summed E-state index contributed by atoms with van der Waals surface area (Å²) in [6, 6.07) is 14.1. The first-order valence-corrected chi connectivity index (χ1v) is 8.04. The number of hydrogen-bond acceptors (Lipinski definition) is 3. The van der Waals surface area contributed by atoms with Gasteiger partial charge in [0.05, 0.1) is 5.56 Å². The molecule has 0 aliphatic heterocycles. The first-order chi connectivity index (χ1) is 11.6. The van der Waals surface area contributed by atoms with Crippen LogP contribution in [0.1, 0.15) is 21.7 Å². The summed E-state index contributed by atoms with van der Waals surface area (Å²) in [5, 5.41) is 1.27. The molecule has 4 nitrogen and oxygen atoms in total. The number of esters is 1. The van der Waals surface area contributed by atoms with Crippen molar-refractivity contribution in [2.24, 2.45) is 0 Å². The third-order valence-corrected chi connectivity index (χ3v) is 3.98. The maximum Gasteiger partial charge on any atom is 0.338 e. The van der Waals surface area contributed by atoms with Gasteiger partial charge in [0.25, 0.3) is 0 Å². The van der Waals surface area contributed by atoms with Crippen LogP contribution in [0.3, 0.4) is 0 Å². The number of nitrogens with zero attached hydrogens (tertiary/aromatic N) is 2. The molecule has 0 amide bonds. The van der Waals surface area contributed by atoms with E-state index < -0.39 is 5.97 Å². The summed E-state index contributed by atoms with van der Waals surface area (Å²) in [6.07, 6.45) is 3.53. The smallest absolute Gasteiger partial charge is 0.338 e. The van der Waals surface area contributed by atoms with Crippen molar-refractivity contribution in [3.63, 3.8) is 0 Å². The summed E-state index contributed by atoms with van der Waals surface area (Å²) in [4.78, 5) is 16.3. The molecule has 0 N–H and O–H groups in total. The summed E-state index contributed by atoms with van der Waals surface area (Å²) in [7, 11) is 0. The zero-order chi connectivity index (χ0) is 16.9. The Hall–Kier alpha value is -2.30. The minimum Gasteiger partial charge on any atom is -0.454 e. The van der Waals surface area contributed by atoms with Gasteiger partial charge in [0.1, 0.15) is 12.4 Å². The van der Waals surface area contributed by atoms with E-state index in [2.05, 4.69) is 4.98 Å². The van der Waals surface area contributed by atoms with Crippen LogP contribution in [0.2, 0.25) is 10.0 Å². The van der Waals surface area contributed by atoms with Gasteiger partial charge in [-0.15, -0.1) is 0 Å². The Morgan fingerprint density at radius 3 is 2.29 bits per heavy atom. The van der Waals surface area contributed by atoms with Crippen molar-refractivity contribution in [1.82, 2.24) is 9.55 Å². The van der Waals surface area contributed by atoms with E-state index >= 15 is 0 Å². The van der Waals surface area contributed by atoms with Crippen molar-refractivity contribution < 1.29 is 9.53 Å². The van der Waals surface area contributed by atoms with Gasteiger partial charge in [-0.25, -0.2) is 9.78 Å². The summed E-state index contributed by atoms with van der Waals surface area (Å²) >= 11 is 11.7. The number of hydrogen-bond donors (Lipinski definition) is 0. The van der Waals surface area contributed by atoms with Crippen LogP contribution in [0.25, 0.3) is 0 Å². The number of carbonyl (C=O) groups excluding carboxylic acids is 1. The highest BCUT2D eigenvalue weighted by Gasteiger charge is 2.10. The van der Waals surface area contributed by atoms with Gasteiger partial charge in [-0.05, 0) is 42.0 Å². The number of ether oxygens (including phenoxy) is 1. The first kappa shape index (κ1) is 16.6. The van der Waals surface area contributed by atoms with Crippen LogP contribution < -0.4 is 0 Å². The molecule has 122 valence electrons. The molecule has 0 radical (unpaired) electrons. The topological polar surface area (TPSA) is 44.1 Å². The Labute approximate surface area is 149 Å². The lowest BCUT2D eigenvalue weighted by molar-refractivity contribution is 0.0458. The molecular formula is C18H14Cl2N2O2. The van der Waals surface area contributed by atoms with Gasteiger partial charge in [-0.1, -0.05) is 35.3 Å². The van der Waals surface area contributed by atoms with E-state index in [1.807, 2.05) is 35.0 Å². The molecular weight excluding hydrogens is 347 g/mol. The van der Waals surface area contributed by atoms with E-state index in [0.29, 0.717) is 28.0 Å². The minimum atomic E-state index is -0.410. The fraction of sp³-hybridized carbons (Fsp3) is 0.111. The van der Waals surface area contributed by atoms with Gasteiger partial charge >= 0.3 is 5.97 Å². The Balaban J connectivity index is 1.64. The van der Waals surface area contributed by atoms with Crippen LogP contribution in [0, 0.1) is 0 Å². The van der Waals surface area contributed by atoms with Gasteiger partial charge in [0, 0.05) is 29.0 Å². The van der Waals surface area contributed by atoms with Crippen molar-refractivity contribution in [3.05, 3.63) is 87.9 Å². The van der Waals surface area contributed by atoms with Crippen LogP contribution in [0.4, 0.5) is 0 Å². The molecule has 0 aliphatic carbocycles. The van der Waals surface area contributed by atoms with E-state index in [0.717, 1.165) is 5.56 Å². The highest BCUT2D eigenvalue weighted by atomic mass is 35.5. The summed E-state index contributed by atoms with van der Waals surface area (Å²) < 4.78 is 7.25. The third kappa shape index (κ3) is 4.16. The van der Waals surface area contributed by atoms with E-state index in [1.54, 1.807) is 30.5 Å². The van der Waals surface area contributed by atoms with Crippen LogP contribution in [0.15, 0.2) is 60.9 Å². The number of halogens is 2. The van der Waals surface area contributed by atoms with Crippen molar-refractivity contribution >= 4 is 29.2 Å². The van der Waals surface area contributed by atoms with Gasteiger partial charge in [-0.3, -0.25) is 0 Å². The average Bonchev–Trinajstić information content (AvgIpc) is 3.02. The number of imidazole rings is 1. The highest BCUT2D eigenvalue weighted by Crippen LogP contribution is 2.13. The van der Waals surface area contributed by atoms with Crippen molar-refractivity contribution in [2.75, 3.05) is 0 Å². The second kappa shape index (κ2) is 7.51. The molecule has 3 aromatic rings. The fourth-order valence-electron chi connectivity index (χ4n) is 2.21. The van der Waals surface area contributed by atoms with Gasteiger partial charge in [0.15, 0.2) is 0 Å². The normalized spacial score (nSPS) is 10.6. The lowest BCUT2D eigenvalue weighted by Crippen LogP contribution is -2.10. The molecule has 0 aliphatic rings. The minimum absolute atomic E-state index is 0.0993. The van der Waals surface area contributed by atoms with Gasteiger partial charge in [-0.2, -0.15) is 0 Å². The lowest BCUT2D eigenvalue weighted by Gasteiger charge is -2.09. The summed E-state index contributed by atoms with van der Waals surface area (Å²) in [5.41, 5.74) is 1.54. The summed E-state index contributed by atoms with van der Waals surface area (Å²) in [5.74, 6) is 0.264. The quantitative estimate of drug-likeness (QED) is 0.624. The van der Waals surface area contributed by atoms with Crippen LogP contribution >= 0.6 is 23.2 Å². The Bertz CT molecular complexity index is 827.